The van der Waals surface area contributed by atoms with E-state index in [0.717, 1.165) is 11.1 Å². The van der Waals surface area contributed by atoms with E-state index in [1.165, 1.54) is 17.7 Å². The van der Waals surface area contributed by atoms with Crippen molar-refractivity contribution >= 4 is 21.6 Å². The molecule has 2 nitrogen and oxygen atoms in total. The van der Waals surface area contributed by atoms with Crippen molar-refractivity contribution in [2.45, 2.75) is 39.3 Å². The van der Waals surface area contributed by atoms with Gasteiger partial charge in [-0.3, -0.25) is 0 Å². The molecular formula is C15H20BrNO. The lowest BCUT2D eigenvalue weighted by Crippen LogP contribution is -2.63. The number of fused-ring (bicyclic) bond motifs is 1. The first-order chi connectivity index (χ1) is 8.50. The highest BCUT2D eigenvalue weighted by Gasteiger charge is 2.59. The van der Waals surface area contributed by atoms with Crippen LogP contribution < -0.4 is 5.32 Å². The van der Waals surface area contributed by atoms with Crippen LogP contribution in [0.2, 0.25) is 0 Å². The smallest absolute Gasteiger partial charge is 0.0694 e. The van der Waals surface area contributed by atoms with E-state index in [9.17, 15) is 0 Å². The third-order valence-electron chi connectivity index (χ3n) is 4.53. The third-order valence-corrected chi connectivity index (χ3v) is 5.22. The van der Waals surface area contributed by atoms with Gasteiger partial charge in [-0.25, -0.2) is 0 Å². The SMILES string of the molecule is Cc1ccc(Br)c(NC2C3CCOC3C2(C)C)c1. The van der Waals surface area contributed by atoms with Crippen molar-refractivity contribution in [2.75, 3.05) is 11.9 Å². The topological polar surface area (TPSA) is 21.3 Å². The highest BCUT2D eigenvalue weighted by Crippen LogP contribution is 2.53. The minimum Gasteiger partial charge on any atom is -0.380 e. The molecule has 0 amide bonds. The van der Waals surface area contributed by atoms with E-state index in [4.69, 9.17) is 4.74 Å². The van der Waals surface area contributed by atoms with Gasteiger partial charge in [-0.1, -0.05) is 19.9 Å². The lowest BCUT2D eigenvalue weighted by atomic mass is 9.57. The molecule has 1 aliphatic heterocycles. The number of aryl methyl sites for hydroxylation is 1. The Morgan fingerprint density at radius 1 is 1.39 bits per heavy atom. The zero-order valence-corrected chi connectivity index (χ0v) is 12.8. The number of anilines is 1. The molecule has 0 radical (unpaired) electrons. The first-order valence-electron chi connectivity index (χ1n) is 6.64. The van der Waals surface area contributed by atoms with Crippen LogP contribution in [0.25, 0.3) is 0 Å². The first kappa shape index (κ1) is 12.5. The Bertz CT molecular complexity index is 472. The molecule has 3 rings (SSSR count). The van der Waals surface area contributed by atoms with Crippen LogP contribution in [0, 0.1) is 18.3 Å². The molecule has 1 heterocycles. The van der Waals surface area contributed by atoms with Crippen molar-refractivity contribution < 1.29 is 4.74 Å². The summed E-state index contributed by atoms with van der Waals surface area (Å²) in [4.78, 5) is 0. The van der Waals surface area contributed by atoms with Gasteiger partial charge >= 0.3 is 0 Å². The number of benzene rings is 1. The van der Waals surface area contributed by atoms with Crippen molar-refractivity contribution in [2.24, 2.45) is 11.3 Å². The molecule has 1 aromatic carbocycles. The zero-order valence-electron chi connectivity index (χ0n) is 11.2. The molecule has 1 saturated carbocycles. The molecule has 18 heavy (non-hydrogen) atoms. The Balaban J connectivity index is 1.82. The number of rotatable bonds is 2. The van der Waals surface area contributed by atoms with Crippen LogP contribution in [0.5, 0.6) is 0 Å². The van der Waals surface area contributed by atoms with Gasteiger partial charge in [0.2, 0.25) is 0 Å². The second kappa shape index (κ2) is 4.24. The van der Waals surface area contributed by atoms with Crippen molar-refractivity contribution in [3.8, 4) is 0 Å². The van der Waals surface area contributed by atoms with Crippen LogP contribution in [0.4, 0.5) is 5.69 Å². The monoisotopic (exact) mass is 309 g/mol. The second-order valence-corrected chi connectivity index (χ2v) is 7.02. The van der Waals surface area contributed by atoms with E-state index in [1.54, 1.807) is 0 Å². The van der Waals surface area contributed by atoms with Gasteiger partial charge in [0, 0.05) is 34.1 Å². The Morgan fingerprint density at radius 2 is 2.17 bits per heavy atom. The van der Waals surface area contributed by atoms with E-state index < -0.39 is 0 Å². The predicted molar refractivity (Wildman–Crippen MR) is 77.9 cm³/mol. The maximum absolute atomic E-state index is 5.84. The minimum absolute atomic E-state index is 0.227. The molecule has 1 aliphatic carbocycles. The summed E-state index contributed by atoms with van der Waals surface area (Å²) in [6.07, 6.45) is 1.63. The first-order valence-corrected chi connectivity index (χ1v) is 7.44. The maximum atomic E-state index is 5.84. The van der Waals surface area contributed by atoms with Gasteiger partial charge in [-0.2, -0.15) is 0 Å². The molecule has 3 heteroatoms. The van der Waals surface area contributed by atoms with Gasteiger partial charge in [0.15, 0.2) is 0 Å². The molecule has 2 aliphatic rings. The lowest BCUT2D eigenvalue weighted by molar-refractivity contribution is -0.0923. The van der Waals surface area contributed by atoms with Gasteiger partial charge in [-0.15, -0.1) is 0 Å². The fraction of sp³-hybridized carbons (Fsp3) is 0.600. The summed E-state index contributed by atoms with van der Waals surface area (Å²) in [5, 5.41) is 3.72. The van der Waals surface area contributed by atoms with Crippen LogP contribution in [-0.4, -0.2) is 18.8 Å². The normalized spacial score (nSPS) is 32.8. The summed E-state index contributed by atoms with van der Waals surface area (Å²) in [5.74, 6) is 0.674. The average Bonchev–Trinajstić information content (AvgIpc) is 2.77. The van der Waals surface area contributed by atoms with E-state index in [-0.39, 0.29) is 5.41 Å². The van der Waals surface area contributed by atoms with Gasteiger partial charge < -0.3 is 10.1 Å². The van der Waals surface area contributed by atoms with E-state index >= 15 is 0 Å². The summed E-state index contributed by atoms with van der Waals surface area (Å²) >= 11 is 3.63. The summed E-state index contributed by atoms with van der Waals surface area (Å²) in [6.45, 7) is 7.67. The van der Waals surface area contributed by atoms with Gasteiger partial charge in [0.1, 0.15) is 0 Å². The van der Waals surface area contributed by atoms with Crippen LogP contribution >= 0.6 is 15.9 Å². The van der Waals surface area contributed by atoms with E-state index in [2.05, 4.69) is 60.2 Å². The number of hydrogen-bond acceptors (Lipinski definition) is 2. The molecule has 0 bridgehead atoms. The van der Waals surface area contributed by atoms with E-state index in [0.29, 0.717) is 18.1 Å². The van der Waals surface area contributed by atoms with Crippen molar-refractivity contribution in [1.29, 1.82) is 0 Å². The van der Waals surface area contributed by atoms with Crippen LogP contribution in [-0.2, 0) is 4.74 Å². The van der Waals surface area contributed by atoms with Gasteiger partial charge in [0.05, 0.1) is 6.10 Å². The Labute approximate surface area is 117 Å². The quantitative estimate of drug-likeness (QED) is 0.892. The van der Waals surface area contributed by atoms with Crippen LogP contribution in [0.15, 0.2) is 22.7 Å². The van der Waals surface area contributed by atoms with Crippen LogP contribution in [0.1, 0.15) is 25.8 Å². The fourth-order valence-electron chi connectivity index (χ4n) is 3.53. The van der Waals surface area contributed by atoms with Gasteiger partial charge in [0.25, 0.3) is 0 Å². The largest absolute Gasteiger partial charge is 0.380 e. The zero-order chi connectivity index (χ0) is 12.9. The lowest BCUT2D eigenvalue weighted by Gasteiger charge is -2.55. The number of nitrogens with one attached hydrogen (secondary N) is 1. The molecule has 1 N–H and O–H groups in total. The number of hydrogen-bond donors (Lipinski definition) is 1. The summed E-state index contributed by atoms with van der Waals surface area (Å²) < 4.78 is 6.98. The number of halogens is 1. The van der Waals surface area contributed by atoms with Crippen LogP contribution in [0.3, 0.4) is 0 Å². The molecule has 2 fully saturated rings. The summed E-state index contributed by atoms with van der Waals surface area (Å²) in [7, 11) is 0. The molecule has 98 valence electrons. The molecule has 3 atom stereocenters. The third kappa shape index (κ3) is 1.79. The van der Waals surface area contributed by atoms with E-state index in [1.807, 2.05) is 0 Å². The summed E-state index contributed by atoms with van der Waals surface area (Å²) in [5.41, 5.74) is 2.72. The minimum atomic E-state index is 0.227. The summed E-state index contributed by atoms with van der Waals surface area (Å²) in [6, 6.07) is 6.97. The highest BCUT2D eigenvalue weighted by atomic mass is 79.9. The molecule has 3 unspecified atom stereocenters. The van der Waals surface area contributed by atoms with Gasteiger partial charge in [-0.05, 0) is 47.0 Å². The maximum Gasteiger partial charge on any atom is 0.0694 e. The molecule has 1 saturated heterocycles. The predicted octanol–water partition coefficient (Wildman–Crippen LogP) is 3.98. The molecule has 1 aromatic rings. The molecule has 0 aromatic heterocycles. The Morgan fingerprint density at radius 3 is 2.94 bits per heavy atom. The molecular weight excluding hydrogens is 290 g/mol. The van der Waals surface area contributed by atoms with Crippen molar-refractivity contribution in [3.05, 3.63) is 28.2 Å². The average molecular weight is 310 g/mol. The highest BCUT2D eigenvalue weighted by molar-refractivity contribution is 9.10. The standard InChI is InChI=1S/C15H20BrNO/c1-9-4-5-11(16)12(8-9)17-13-10-6-7-18-14(10)15(13,2)3/h4-5,8,10,13-14,17H,6-7H2,1-3H3. The Hall–Kier alpha value is -0.540. The Kier molecular flexibility index (Phi) is 2.94. The molecule has 0 spiro atoms. The number of ether oxygens (including phenoxy) is 1. The van der Waals surface area contributed by atoms with Crippen molar-refractivity contribution in [1.82, 2.24) is 0 Å². The fourth-order valence-corrected chi connectivity index (χ4v) is 3.90. The second-order valence-electron chi connectivity index (χ2n) is 6.17. The van der Waals surface area contributed by atoms with Crippen molar-refractivity contribution in [3.63, 3.8) is 0 Å².